The molecule has 0 spiro atoms. The van der Waals surface area contributed by atoms with Crippen LogP contribution in [0, 0.1) is 0 Å². The zero-order valence-corrected chi connectivity index (χ0v) is 11.1. The number of aromatic amines is 1. The van der Waals surface area contributed by atoms with Crippen LogP contribution in [0.2, 0.25) is 0 Å². The molecule has 0 aliphatic rings. The van der Waals surface area contributed by atoms with E-state index in [9.17, 15) is 4.21 Å². The minimum Gasteiger partial charge on any atom is -0.497 e. The van der Waals surface area contributed by atoms with Gasteiger partial charge in [0.1, 0.15) is 11.5 Å². The fraction of sp³-hybridized carbons (Fsp3) is 0.154. The third kappa shape index (κ3) is 2.39. The highest BCUT2D eigenvalue weighted by atomic mass is 32.2. The Balaban J connectivity index is 1.90. The maximum atomic E-state index is 12.2. The second-order valence-corrected chi connectivity index (χ2v) is 5.36. The maximum Gasteiger partial charge on any atom is 0.197 e. The summed E-state index contributed by atoms with van der Waals surface area (Å²) in [6, 6.07) is 9.05. The standard InChI is InChI=1S/C13H12N2O3S/c1-17-9-4-5-11-12(7-9)15-13(14-11)19(16)8-10-3-2-6-18-10/h2-7H,8H2,1H3,(H,14,15). The summed E-state index contributed by atoms with van der Waals surface area (Å²) in [5.41, 5.74) is 1.57. The summed E-state index contributed by atoms with van der Waals surface area (Å²) in [6.07, 6.45) is 1.57. The van der Waals surface area contributed by atoms with Crippen LogP contribution in [-0.2, 0) is 16.6 Å². The van der Waals surface area contributed by atoms with E-state index in [2.05, 4.69) is 9.97 Å². The number of H-pyrrole nitrogens is 1. The molecule has 0 aliphatic carbocycles. The summed E-state index contributed by atoms with van der Waals surface area (Å²) in [4.78, 5) is 7.37. The van der Waals surface area contributed by atoms with Gasteiger partial charge in [0.2, 0.25) is 0 Å². The van der Waals surface area contributed by atoms with Crippen LogP contribution in [0.5, 0.6) is 5.75 Å². The van der Waals surface area contributed by atoms with Crippen molar-refractivity contribution in [2.75, 3.05) is 7.11 Å². The molecule has 0 saturated carbocycles. The van der Waals surface area contributed by atoms with Gasteiger partial charge in [0.25, 0.3) is 0 Å². The number of methoxy groups -OCH3 is 1. The van der Waals surface area contributed by atoms with Crippen molar-refractivity contribution in [1.82, 2.24) is 9.97 Å². The molecule has 1 unspecified atom stereocenters. The molecule has 5 nitrogen and oxygen atoms in total. The number of nitrogens with one attached hydrogen (secondary N) is 1. The van der Waals surface area contributed by atoms with Crippen molar-refractivity contribution in [3.63, 3.8) is 0 Å². The highest BCUT2D eigenvalue weighted by Gasteiger charge is 2.12. The van der Waals surface area contributed by atoms with Crippen LogP contribution in [0.3, 0.4) is 0 Å². The highest BCUT2D eigenvalue weighted by Crippen LogP contribution is 2.20. The number of fused-ring (bicyclic) bond motifs is 1. The monoisotopic (exact) mass is 276 g/mol. The Labute approximate surface area is 112 Å². The Hall–Kier alpha value is -2.08. The van der Waals surface area contributed by atoms with Crippen molar-refractivity contribution in [3.8, 4) is 5.75 Å². The van der Waals surface area contributed by atoms with Gasteiger partial charge in [0, 0.05) is 6.07 Å². The lowest BCUT2D eigenvalue weighted by Gasteiger charge is -1.96. The number of nitrogens with zero attached hydrogens (tertiary/aromatic N) is 1. The van der Waals surface area contributed by atoms with E-state index >= 15 is 0 Å². The number of imidazole rings is 1. The largest absolute Gasteiger partial charge is 0.497 e. The first-order valence-corrected chi connectivity index (χ1v) is 7.02. The topological polar surface area (TPSA) is 68.1 Å². The molecule has 1 atom stereocenters. The van der Waals surface area contributed by atoms with Crippen LogP contribution < -0.4 is 4.74 Å². The molecule has 3 aromatic rings. The SMILES string of the molecule is COc1ccc2nc(S(=O)Cc3ccco3)[nH]c2c1. The number of ether oxygens (including phenoxy) is 1. The second-order valence-electron chi connectivity index (χ2n) is 3.99. The molecule has 0 aliphatic heterocycles. The van der Waals surface area contributed by atoms with Crippen LogP contribution in [0.4, 0.5) is 0 Å². The van der Waals surface area contributed by atoms with E-state index < -0.39 is 10.8 Å². The quantitative estimate of drug-likeness (QED) is 0.795. The Morgan fingerprint density at radius 2 is 2.32 bits per heavy atom. The Morgan fingerprint density at radius 3 is 3.05 bits per heavy atom. The third-order valence-electron chi connectivity index (χ3n) is 2.74. The van der Waals surface area contributed by atoms with Gasteiger partial charge in [-0.3, -0.25) is 4.21 Å². The molecule has 19 heavy (non-hydrogen) atoms. The Kier molecular flexibility index (Phi) is 3.08. The van der Waals surface area contributed by atoms with Crippen LogP contribution in [-0.4, -0.2) is 21.3 Å². The molecule has 6 heteroatoms. The van der Waals surface area contributed by atoms with E-state index in [1.807, 2.05) is 18.2 Å². The number of aromatic nitrogens is 2. The molecule has 0 saturated heterocycles. The van der Waals surface area contributed by atoms with Crippen LogP contribution in [0.25, 0.3) is 11.0 Å². The summed E-state index contributed by atoms with van der Waals surface area (Å²) in [5, 5.41) is 0.444. The molecule has 1 aromatic carbocycles. The van der Waals surface area contributed by atoms with Crippen molar-refractivity contribution >= 4 is 21.8 Å². The fourth-order valence-electron chi connectivity index (χ4n) is 1.79. The third-order valence-corrected chi connectivity index (χ3v) is 3.91. The van der Waals surface area contributed by atoms with E-state index in [-0.39, 0.29) is 0 Å². The molecule has 2 heterocycles. The molecule has 0 amide bonds. The lowest BCUT2D eigenvalue weighted by molar-refractivity contribution is 0.415. The molecule has 0 bridgehead atoms. The minimum atomic E-state index is -1.26. The summed E-state index contributed by atoms with van der Waals surface area (Å²) < 4.78 is 22.5. The van der Waals surface area contributed by atoms with Gasteiger partial charge >= 0.3 is 0 Å². The molecule has 2 aromatic heterocycles. The van der Waals surface area contributed by atoms with Gasteiger partial charge < -0.3 is 14.1 Å². The van der Waals surface area contributed by atoms with Gasteiger partial charge in [-0.1, -0.05) is 0 Å². The predicted octanol–water partition coefficient (Wildman–Crippen LogP) is 2.47. The van der Waals surface area contributed by atoms with Crippen molar-refractivity contribution < 1.29 is 13.4 Å². The van der Waals surface area contributed by atoms with Crippen LogP contribution in [0.1, 0.15) is 5.76 Å². The van der Waals surface area contributed by atoms with E-state index in [1.54, 1.807) is 25.5 Å². The summed E-state index contributed by atoms with van der Waals surface area (Å²) in [6.45, 7) is 0. The molecular formula is C13H12N2O3S. The number of hydrogen-bond acceptors (Lipinski definition) is 4. The average Bonchev–Trinajstić information content (AvgIpc) is 3.05. The lowest BCUT2D eigenvalue weighted by atomic mass is 10.3. The molecule has 3 rings (SSSR count). The molecule has 0 radical (unpaired) electrons. The van der Waals surface area contributed by atoms with E-state index in [0.717, 1.165) is 16.8 Å². The van der Waals surface area contributed by atoms with Crippen molar-refractivity contribution in [3.05, 3.63) is 42.4 Å². The van der Waals surface area contributed by atoms with E-state index in [4.69, 9.17) is 9.15 Å². The van der Waals surface area contributed by atoms with Gasteiger partial charge in [-0.25, -0.2) is 4.98 Å². The first kappa shape index (κ1) is 12.0. The van der Waals surface area contributed by atoms with Gasteiger partial charge in [-0.2, -0.15) is 0 Å². The highest BCUT2D eigenvalue weighted by molar-refractivity contribution is 7.84. The van der Waals surface area contributed by atoms with Gasteiger partial charge in [-0.15, -0.1) is 0 Å². The maximum absolute atomic E-state index is 12.2. The number of furan rings is 1. The summed E-state index contributed by atoms with van der Waals surface area (Å²) >= 11 is 0. The normalized spacial score (nSPS) is 12.7. The zero-order chi connectivity index (χ0) is 13.2. The van der Waals surface area contributed by atoms with Crippen molar-refractivity contribution in [1.29, 1.82) is 0 Å². The van der Waals surface area contributed by atoms with Crippen LogP contribution in [0.15, 0.2) is 46.2 Å². The number of rotatable bonds is 4. The first-order valence-electron chi connectivity index (χ1n) is 5.71. The van der Waals surface area contributed by atoms with Crippen molar-refractivity contribution in [2.45, 2.75) is 10.9 Å². The summed E-state index contributed by atoms with van der Waals surface area (Å²) in [7, 11) is 0.349. The predicted molar refractivity (Wildman–Crippen MR) is 71.5 cm³/mol. The lowest BCUT2D eigenvalue weighted by Crippen LogP contribution is -1.97. The van der Waals surface area contributed by atoms with Crippen molar-refractivity contribution in [2.24, 2.45) is 0 Å². The molecule has 1 N–H and O–H groups in total. The van der Waals surface area contributed by atoms with Gasteiger partial charge in [0.05, 0.1) is 41.0 Å². The molecule has 98 valence electrons. The average molecular weight is 276 g/mol. The van der Waals surface area contributed by atoms with E-state index in [0.29, 0.717) is 16.7 Å². The minimum absolute atomic E-state index is 0.309. The number of benzene rings is 1. The smallest absolute Gasteiger partial charge is 0.197 e. The molecular weight excluding hydrogens is 264 g/mol. The Bertz CT molecular complexity index is 719. The van der Waals surface area contributed by atoms with Gasteiger partial charge in [0.15, 0.2) is 5.16 Å². The van der Waals surface area contributed by atoms with E-state index in [1.165, 1.54) is 0 Å². The first-order chi connectivity index (χ1) is 9.26. The Morgan fingerprint density at radius 1 is 1.42 bits per heavy atom. The summed E-state index contributed by atoms with van der Waals surface area (Å²) in [5.74, 6) is 1.72. The van der Waals surface area contributed by atoms with Crippen LogP contribution >= 0.6 is 0 Å². The zero-order valence-electron chi connectivity index (χ0n) is 10.3. The molecule has 0 fully saturated rings. The second kappa shape index (κ2) is 4.89. The van der Waals surface area contributed by atoms with Gasteiger partial charge in [-0.05, 0) is 24.3 Å². The fourth-order valence-corrected chi connectivity index (χ4v) is 2.78. The number of hydrogen-bond donors (Lipinski definition) is 1.